The lowest BCUT2D eigenvalue weighted by Crippen LogP contribution is -2.39. The summed E-state index contributed by atoms with van der Waals surface area (Å²) in [5, 5.41) is 3.50. The molecule has 0 bridgehead atoms. The molecular weight excluding hydrogens is 316 g/mol. The summed E-state index contributed by atoms with van der Waals surface area (Å²) in [4.78, 5) is 19.7. The Morgan fingerprint density at radius 1 is 1.16 bits per heavy atom. The average molecular weight is 342 g/mol. The number of nitrogens with zero attached hydrogens (tertiary/aromatic N) is 5. The molecule has 3 heterocycles. The molecule has 2 aromatic rings. The lowest BCUT2D eigenvalue weighted by Gasteiger charge is -2.32. The number of aromatic nitrogens is 4. The average Bonchev–Trinajstić information content (AvgIpc) is 2.56. The lowest BCUT2D eigenvalue weighted by molar-refractivity contribution is 0.208. The van der Waals surface area contributed by atoms with Crippen LogP contribution in [0.15, 0.2) is 18.5 Å². The Kier molecular flexibility index (Phi) is 5.75. The fourth-order valence-corrected chi connectivity index (χ4v) is 3.19. The van der Waals surface area contributed by atoms with Gasteiger partial charge in [-0.1, -0.05) is 0 Å². The third kappa shape index (κ3) is 5.09. The number of hydrogen-bond acceptors (Lipinski definition) is 7. The zero-order valence-electron chi connectivity index (χ0n) is 15.2. The number of hydrogen-bond donors (Lipinski definition) is 1. The largest absolute Gasteiger partial charge is 0.478 e. The summed E-state index contributed by atoms with van der Waals surface area (Å²) < 4.78 is 5.43. The Hall–Kier alpha value is -2.28. The van der Waals surface area contributed by atoms with Gasteiger partial charge >= 0.3 is 0 Å². The number of nitrogens with one attached hydrogen (secondary N) is 1. The highest BCUT2D eigenvalue weighted by Crippen LogP contribution is 2.18. The van der Waals surface area contributed by atoms with Crippen molar-refractivity contribution in [1.29, 1.82) is 0 Å². The fraction of sp³-hybridized carbons (Fsp3) is 0.556. The normalized spacial score (nSPS) is 16.0. The molecule has 7 nitrogen and oxygen atoms in total. The van der Waals surface area contributed by atoms with Crippen LogP contribution in [-0.2, 0) is 6.54 Å². The zero-order valence-corrected chi connectivity index (χ0v) is 15.2. The molecule has 3 rings (SSSR count). The highest BCUT2D eigenvalue weighted by atomic mass is 16.5. The van der Waals surface area contributed by atoms with Gasteiger partial charge in [0.2, 0.25) is 5.88 Å². The molecule has 0 amide bonds. The summed E-state index contributed by atoms with van der Waals surface area (Å²) in [7, 11) is 0. The van der Waals surface area contributed by atoms with E-state index in [9.17, 15) is 0 Å². The minimum atomic E-state index is 0.425. The predicted octanol–water partition coefficient (Wildman–Crippen LogP) is 2.36. The van der Waals surface area contributed by atoms with E-state index >= 15 is 0 Å². The smallest absolute Gasteiger partial charge is 0.218 e. The Morgan fingerprint density at radius 2 is 1.96 bits per heavy atom. The van der Waals surface area contributed by atoms with Crippen LogP contribution in [0.4, 0.5) is 5.82 Å². The molecule has 0 unspecified atom stereocenters. The molecule has 134 valence electrons. The van der Waals surface area contributed by atoms with Gasteiger partial charge in [0.15, 0.2) is 0 Å². The van der Waals surface area contributed by atoms with E-state index in [0.717, 1.165) is 55.5 Å². The van der Waals surface area contributed by atoms with Gasteiger partial charge in [-0.3, -0.25) is 4.90 Å². The van der Waals surface area contributed by atoms with E-state index < -0.39 is 0 Å². The number of rotatable bonds is 6. The van der Waals surface area contributed by atoms with Gasteiger partial charge in [-0.25, -0.2) is 19.9 Å². The molecule has 7 heteroatoms. The molecule has 1 aliphatic heterocycles. The summed E-state index contributed by atoms with van der Waals surface area (Å²) in [5.74, 6) is 2.30. The molecule has 1 aliphatic rings. The van der Waals surface area contributed by atoms with Crippen LogP contribution in [0.1, 0.15) is 37.0 Å². The van der Waals surface area contributed by atoms with Crippen molar-refractivity contribution in [3.63, 3.8) is 0 Å². The summed E-state index contributed by atoms with van der Waals surface area (Å²) in [6.45, 7) is 9.51. The third-order valence-corrected chi connectivity index (χ3v) is 4.28. The van der Waals surface area contributed by atoms with Gasteiger partial charge in [0, 0.05) is 37.4 Å². The maximum atomic E-state index is 5.43. The molecule has 1 saturated heterocycles. The third-order valence-electron chi connectivity index (χ3n) is 4.28. The van der Waals surface area contributed by atoms with Crippen molar-refractivity contribution in [3.8, 4) is 5.88 Å². The highest BCUT2D eigenvalue weighted by molar-refractivity contribution is 5.38. The van der Waals surface area contributed by atoms with E-state index in [2.05, 4.69) is 36.2 Å². The Bertz CT molecular complexity index is 679. The van der Waals surface area contributed by atoms with Gasteiger partial charge in [0.25, 0.3) is 0 Å². The molecule has 0 atom stereocenters. The Balaban J connectivity index is 1.51. The summed E-state index contributed by atoms with van der Waals surface area (Å²) in [5.41, 5.74) is 2.14. The van der Waals surface area contributed by atoms with Crippen molar-refractivity contribution in [2.24, 2.45) is 0 Å². The van der Waals surface area contributed by atoms with Gasteiger partial charge in [-0.15, -0.1) is 0 Å². The highest BCUT2D eigenvalue weighted by Gasteiger charge is 2.20. The molecule has 1 fully saturated rings. The van der Waals surface area contributed by atoms with Crippen molar-refractivity contribution in [1.82, 2.24) is 24.8 Å². The molecule has 0 radical (unpaired) electrons. The molecule has 2 aromatic heterocycles. The molecule has 0 aromatic carbocycles. The van der Waals surface area contributed by atoms with Crippen LogP contribution < -0.4 is 10.1 Å². The minimum Gasteiger partial charge on any atom is -0.478 e. The number of likely N-dealkylation sites (tertiary alicyclic amines) is 1. The zero-order chi connectivity index (χ0) is 17.6. The standard InChI is InChI=1S/C18H26N6O/c1-4-25-18-10-17(19-12-20-18)23-15-5-7-24(8-6-15)11-16-9-13(2)21-14(3)22-16/h9-10,12,15H,4-8,11H2,1-3H3,(H,19,20,23). The van der Waals surface area contributed by atoms with Gasteiger partial charge in [0.1, 0.15) is 18.0 Å². The number of anilines is 1. The Labute approximate surface area is 148 Å². The summed E-state index contributed by atoms with van der Waals surface area (Å²) in [6, 6.07) is 4.37. The van der Waals surface area contributed by atoms with E-state index in [1.54, 1.807) is 6.33 Å². The second-order valence-corrected chi connectivity index (χ2v) is 6.42. The second kappa shape index (κ2) is 8.20. The van der Waals surface area contributed by atoms with Crippen LogP contribution in [0.3, 0.4) is 0 Å². The minimum absolute atomic E-state index is 0.425. The van der Waals surface area contributed by atoms with E-state index in [1.165, 1.54) is 0 Å². The summed E-state index contributed by atoms with van der Waals surface area (Å²) in [6.07, 6.45) is 3.70. The fourth-order valence-electron chi connectivity index (χ4n) is 3.19. The first-order chi connectivity index (χ1) is 12.1. The quantitative estimate of drug-likeness (QED) is 0.863. The van der Waals surface area contributed by atoms with Gasteiger partial charge in [-0.05, 0) is 39.7 Å². The maximum Gasteiger partial charge on any atom is 0.218 e. The van der Waals surface area contributed by atoms with Gasteiger partial charge < -0.3 is 10.1 Å². The topological polar surface area (TPSA) is 76.1 Å². The van der Waals surface area contributed by atoms with Gasteiger partial charge in [-0.2, -0.15) is 0 Å². The van der Waals surface area contributed by atoms with Crippen LogP contribution in [-0.4, -0.2) is 50.6 Å². The van der Waals surface area contributed by atoms with Crippen LogP contribution in [0.2, 0.25) is 0 Å². The van der Waals surface area contributed by atoms with Gasteiger partial charge in [0.05, 0.1) is 12.3 Å². The second-order valence-electron chi connectivity index (χ2n) is 6.42. The number of aryl methyl sites for hydroxylation is 2. The van der Waals surface area contributed by atoms with Crippen molar-refractivity contribution < 1.29 is 4.74 Å². The monoisotopic (exact) mass is 342 g/mol. The molecule has 0 saturated carbocycles. The molecule has 25 heavy (non-hydrogen) atoms. The number of piperidine rings is 1. The van der Waals surface area contributed by atoms with Crippen molar-refractivity contribution in [2.75, 3.05) is 25.0 Å². The Morgan fingerprint density at radius 3 is 2.68 bits per heavy atom. The first-order valence-electron chi connectivity index (χ1n) is 8.87. The molecular formula is C18H26N6O. The van der Waals surface area contributed by atoms with Crippen LogP contribution in [0.25, 0.3) is 0 Å². The number of ether oxygens (including phenoxy) is 1. The van der Waals surface area contributed by atoms with Crippen LogP contribution >= 0.6 is 0 Å². The van der Waals surface area contributed by atoms with Crippen LogP contribution in [0.5, 0.6) is 5.88 Å². The van der Waals surface area contributed by atoms with Crippen molar-refractivity contribution >= 4 is 5.82 Å². The molecule has 0 aliphatic carbocycles. The summed E-state index contributed by atoms with van der Waals surface area (Å²) >= 11 is 0. The van der Waals surface area contributed by atoms with E-state index in [-0.39, 0.29) is 0 Å². The predicted molar refractivity (Wildman–Crippen MR) is 96.6 cm³/mol. The van der Waals surface area contributed by atoms with Crippen LogP contribution in [0, 0.1) is 13.8 Å². The van der Waals surface area contributed by atoms with Crippen molar-refractivity contribution in [2.45, 2.75) is 46.2 Å². The van der Waals surface area contributed by atoms with Crippen molar-refractivity contribution in [3.05, 3.63) is 35.7 Å². The van der Waals surface area contributed by atoms with E-state index in [0.29, 0.717) is 18.5 Å². The first-order valence-corrected chi connectivity index (χ1v) is 8.87. The maximum absolute atomic E-state index is 5.43. The lowest BCUT2D eigenvalue weighted by atomic mass is 10.0. The first kappa shape index (κ1) is 17.5. The van der Waals surface area contributed by atoms with E-state index in [4.69, 9.17) is 4.74 Å². The van der Waals surface area contributed by atoms with E-state index in [1.807, 2.05) is 26.8 Å². The SMILES string of the molecule is CCOc1cc(NC2CCN(Cc3cc(C)nc(C)n3)CC2)ncn1. The molecule has 1 N–H and O–H groups in total. The molecule has 0 spiro atoms.